The molecule has 23 heavy (non-hydrogen) atoms. The predicted molar refractivity (Wildman–Crippen MR) is 94.9 cm³/mol. The lowest BCUT2D eigenvalue weighted by Gasteiger charge is -2.24. The first-order valence-electron chi connectivity index (χ1n) is 8.96. The van der Waals surface area contributed by atoms with E-state index in [1.54, 1.807) is 0 Å². The molecule has 3 heteroatoms. The molecule has 130 valence electrons. The molecule has 0 amide bonds. The molecule has 1 aromatic carbocycles. The number of benzene rings is 1. The number of hydrogen-bond donors (Lipinski definition) is 0. The van der Waals surface area contributed by atoms with Crippen LogP contribution >= 0.6 is 0 Å². The summed E-state index contributed by atoms with van der Waals surface area (Å²) in [5.74, 6) is 1.17. The number of rotatable bonds is 9. The van der Waals surface area contributed by atoms with E-state index in [1.165, 1.54) is 36.5 Å². The Balaban J connectivity index is 3.33. The van der Waals surface area contributed by atoms with Crippen LogP contribution in [0.1, 0.15) is 95.8 Å². The molecule has 1 aromatic rings. The largest absolute Gasteiger partial charge is 0.352 e. The first-order valence-corrected chi connectivity index (χ1v) is 8.96. The third-order valence-electron chi connectivity index (χ3n) is 4.42. The molecule has 0 fully saturated rings. The van der Waals surface area contributed by atoms with Crippen LogP contribution in [0.15, 0.2) is 12.1 Å². The van der Waals surface area contributed by atoms with Crippen LogP contribution in [0.3, 0.4) is 0 Å². The fourth-order valence-electron chi connectivity index (χ4n) is 3.40. The molecule has 0 saturated heterocycles. The van der Waals surface area contributed by atoms with Crippen LogP contribution in [-0.4, -0.2) is 5.97 Å². The maximum Gasteiger partial charge on any atom is 0.352 e. The van der Waals surface area contributed by atoms with Crippen molar-refractivity contribution < 1.29 is 14.6 Å². The molecule has 0 spiro atoms. The summed E-state index contributed by atoms with van der Waals surface area (Å²) in [5, 5.41) is 0. The first kappa shape index (κ1) is 19.5. The monoisotopic (exact) mass is 320 g/mol. The van der Waals surface area contributed by atoms with Gasteiger partial charge in [-0.3, -0.25) is 9.78 Å². The summed E-state index contributed by atoms with van der Waals surface area (Å²) in [6, 6.07) is 4.10. The van der Waals surface area contributed by atoms with Crippen molar-refractivity contribution in [2.24, 2.45) is 0 Å². The van der Waals surface area contributed by atoms with Gasteiger partial charge in [0.25, 0.3) is 0 Å². The van der Waals surface area contributed by atoms with Crippen LogP contribution < -0.4 is 4.89 Å². The lowest BCUT2D eigenvalue weighted by atomic mass is 9.83. The van der Waals surface area contributed by atoms with Gasteiger partial charge in [0.1, 0.15) is 0 Å². The van der Waals surface area contributed by atoms with Crippen LogP contribution in [0, 0.1) is 0 Å². The Hall–Kier alpha value is -1.51. The number of carbonyl (C=O) groups excluding carboxylic acids is 1. The zero-order valence-corrected chi connectivity index (χ0v) is 15.6. The van der Waals surface area contributed by atoms with Gasteiger partial charge >= 0.3 is 5.97 Å². The molecule has 0 aliphatic carbocycles. The van der Waals surface area contributed by atoms with Crippen LogP contribution in [0.4, 0.5) is 0 Å². The highest BCUT2D eigenvalue weighted by Gasteiger charge is 2.21. The van der Waals surface area contributed by atoms with Gasteiger partial charge < -0.3 is 0 Å². The van der Waals surface area contributed by atoms with Crippen molar-refractivity contribution in [2.45, 2.75) is 85.5 Å². The zero-order valence-electron chi connectivity index (χ0n) is 15.6. The Kier molecular flexibility index (Phi) is 8.15. The Labute approximate surface area is 141 Å². The highest BCUT2D eigenvalue weighted by molar-refractivity contribution is 5.65. The minimum absolute atomic E-state index is 0.384. The van der Waals surface area contributed by atoms with Gasteiger partial charge in [-0.25, -0.2) is 4.79 Å². The molecule has 2 unspecified atom stereocenters. The van der Waals surface area contributed by atoms with Crippen LogP contribution in [0.5, 0.6) is 5.75 Å². The van der Waals surface area contributed by atoms with Crippen LogP contribution in [0.25, 0.3) is 0 Å². The van der Waals surface area contributed by atoms with Crippen molar-refractivity contribution in [1.82, 2.24) is 0 Å². The Morgan fingerprint density at radius 1 is 1.04 bits per heavy atom. The average molecular weight is 320 g/mol. The highest BCUT2D eigenvalue weighted by Crippen LogP contribution is 2.38. The van der Waals surface area contributed by atoms with Crippen molar-refractivity contribution >= 4 is 5.97 Å². The second-order valence-corrected chi connectivity index (χ2v) is 6.44. The summed E-state index contributed by atoms with van der Waals surface area (Å²) in [6.07, 6.45) is 5.53. The minimum atomic E-state index is -0.430. The molecule has 1 rings (SSSR count). The standard InChI is InChI=1S/C20H32O3/c1-7-10-14(4)18-12-13-19(23-22-16(6)21)20(17(18)9-3)15(5)11-8-2/h12-15H,7-11H2,1-6H3. The molecule has 0 bridgehead atoms. The van der Waals surface area contributed by atoms with Gasteiger partial charge in [0.15, 0.2) is 5.75 Å². The topological polar surface area (TPSA) is 35.5 Å². The second kappa shape index (κ2) is 9.59. The van der Waals surface area contributed by atoms with Gasteiger partial charge in [0.2, 0.25) is 0 Å². The van der Waals surface area contributed by atoms with Crippen LogP contribution in [-0.2, 0) is 16.1 Å². The van der Waals surface area contributed by atoms with Crippen molar-refractivity contribution in [3.05, 3.63) is 28.8 Å². The molecule has 3 nitrogen and oxygen atoms in total. The molecule has 0 radical (unpaired) electrons. The third kappa shape index (κ3) is 5.26. The molecule has 0 N–H and O–H groups in total. The number of carbonyl (C=O) groups is 1. The van der Waals surface area contributed by atoms with Gasteiger partial charge in [0, 0.05) is 12.5 Å². The van der Waals surface area contributed by atoms with E-state index in [0.717, 1.165) is 19.3 Å². The van der Waals surface area contributed by atoms with E-state index in [-0.39, 0.29) is 0 Å². The minimum Gasteiger partial charge on any atom is -0.287 e. The fraction of sp³-hybridized carbons (Fsp3) is 0.650. The van der Waals surface area contributed by atoms with Gasteiger partial charge in [-0.05, 0) is 48.3 Å². The Bertz CT molecular complexity index is 508. The lowest BCUT2D eigenvalue weighted by Crippen LogP contribution is -2.11. The van der Waals surface area contributed by atoms with E-state index in [4.69, 9.17) is 9.78 Å². The highest BCUT2D eigenvalue weighted by atomic mass is 17.2. The first-order chi connectivity index (χ1) is 11.0. The summed E-state index contributed by atoms with van der Waals surface area (Å²) < 4.78 is 0. The van der Waals surface area contributed by atoms with Crippen molar-refractivity contribution in [3.63, 3.8) is 0 Å². The third-order valence-corrected chi connectivity index (χ3v) is 4.42. The SMILES string of the molecule is CCCC(C)c1ccc(OOC(C)=O)c(C(C)CCC)c1CC. The normalized spacial score (nSPS) is 13.5. The lowest BCUT2D eigenvalue weighted by molar-refractivity contribution is -0.211. The summed E-state index contributed by atoms with van der Waals surface area (Å²) >= 11 is 0. The smallest absolute Gasteiger partial charge is 0.287 e. The van der Waals surface area contributed by atoms with E-state index in [2.05, 4.69) is 40.7 Å². The molecule has 0 heterocycles. The van der Waals surface area contributed by atoms with Gasteiger partial charge in [0.05, 0.1) is 0 Å². The van der Waals surface area contributed by atoms with Gasteiger partial charge in [-0.15, -0.1) is 0 Å². The molecule has 0 saturated carbocycles. The summed E-state index contributed by atoms with van der Waals surface area (Å²) in [5.41, 5.74) is 3.97. The van der Waals surface area contributed by atoms with E-state index >= 15 is 0 Å². The van der Waals surface area contributed by atoms with E-state index in [9.17, 15) is 4.79 Å². The van der Waals surface area contributed by atoms with Crippen molar-refractivity contribution in [1.29, 1.82) is 0 Å². The maximum absolute atomic E-state index is 11.1. The summed E-state index contributed by atoms with van der Waals surface area (Å²) in [6.45, 7) is 12.5. The Morgan fingerprint density at radius 2 is 1.65 bits per heavy atom. The van der Waals surface area contributed by atoms with Crippen molar-refractivity contribution in [2.75, 3.05) is 0 Å². The maximum atomic E-state index is 11.1. The van der Waals surface area contributed by atoms with Gasteiger partial charge in [-0.2, -0.15) is 0 Å². The molecule has 2 atom stereocenters. The number of hydrogen-bond acceptors (Lipinski definition) is 3. The Morgan fingerprint density at radius 3 is 2.17 bits per heavy atom. The van der Waals surface area contributed by atoms with Crippen molar-refractivity contribution in [3.8, 4) is 5.75 Å². The average Bonchev–Trinajstić information content (AvgIpc) is 2.52. The predicted octanol–water partition coefficient (Wildman–Crippen LogP) is 5.91. The molecular formula is C20H32O3. The molecule has 0 aromatic heterocycles. The van der Waals surface area contributed by atoms with Crippen LogP contribution in [0.2, 0.25) is 0 Å². The van der Waals surface area contributed by atoms with E-state index < -0.39 is 5.97 Å². The molecule has 0 aliphatic heterocycles. The summed E-state index contributed by atoms with van der Waals surface area (Å²) in [7, 11) is 0. The second-order valence-electron chi connectivity index (χ2n) is 6.44. The van der Waals surface area contributed by atoms with E-state index in [1.807, 2.05) is 6.07 Å². The molecule has 0 aliphatic rings. The quantitative estimate of drug-likeness (QED) is 0.419. The fourth-order valence-corrected chi connectivity index (χ4v) is 3.40. The van der Waals surface area contributed by atoms with Gasteiger partial charge in [-0.1, -0.05) is 53.5 Å². The van der Waals surface area contributed by atoms with E-state index in [0.29, 0.717) is 17.6 Å². The summed E-state index contributed by atoms with van der Waals surface area (Å²) in [4.78, 5) is 21.3. The zero-order chi connectivity index (χ0) is 17.4. The molecular weight excluding hydrogens is 288 g/mol.